The molecule has 5 heteroatoms. The van der Waals surface area contributed by atoms with Crippen LogP contribution in [0.2, 0.25) is 0 Å². The van der Waals surface area contributed by atoms with Crippen molar-refractivity contribution < 1.29 is 9.84 Å². The number of nitrogens with one attached hydrogen (secondary N) is 1. The van der Waals surface area contributed by atoms with Gasteiger partial charge in [-0.05, 0) is 33.7 Å². The molecule has 4 nitrogen and oxygen atoms in total. The SMILES string of the molecule is COCC(O)CCNC(C)c1sc(-c2ccc(C)cc2)nc1C. The Balaban J connectivity index is 1.98. The first-order valence-corrected chi connectivity index (χ1v) is 8.77. The molecule has 2 unspecified atom stereocenters. The van der Waals surface area contributed by atoms with Gasteiger partial charge in [0.15, 0.2) is 0 Å². The summed E-state index contributed by atoms with van der Waals surface area (Å²) in [4.78, 5) is 5.97. The van der Waals surface area contributed by atoms with Crippen molar-refractivity contribution in [1.29, 1.82) is 0 Å². The number of hydrogen-bond acceptors (Lipinski definition) is 5. The smallest absolute Gasteiger partial charge is 0.123 e. The Hall–Kier alpha value is -1.27. The molecule has 2 aromatic rings. The molecule has 0 aliphatic heterocycles. The zero-order valence-electron chi connectivity index (χ0n) is 14.3. The van der Waals surface area contributed by atoms with Gasteiger partial charge < -0.3 is 15.2 Å². The minimum atomic E-state index is -0.412. The Kier molecular flexibility index (Phi) is 6.72. The first-order valence-electron chi connectivity index (χ1n) is 7.96. The van der Waals surface area contributed by atoms with Crippen LogP contribution in [0.15, 0.2) is 24.3 Å². The molecular formula is C18H26N2O2S. The molecular weight excluding hydrogens is 308 g/mol. The van der Waals surface area contributed by atoms with Crippen LogP contribution in [0.4, 0.5) is 0 Å². The number of aliphatic hydroxyl groups excluding tert-OH is 1. The highest BCUT2D eigenvalue weighted by Crippen LogP contribution is 2.31. The van der Waals surface area contributed by atoms with Crippen molar-refractivity contribution >= 4 is 11.3 Å². The molecule has 0 spiro atoms. The van der Waals surface area contributed by atoms with Gasteiger partial charge >= 0.3 is 0 Å². The molecule has 2 rings (SSSR count). The second-order valence-electron chi connectivity index (χ2n) is 5.91. The molecule has 0 aliphatic carbocycles. The summed E-state index contributed by atoms with van der Waals surface area (Å²) >= 11 is 1.73. The van der Waals surface area contributed by atoms with E-state index in [1.165, 1.54) is 10.4 Å². The van der Waals surface area contributed by atoms with E-state index in [4.69, 9.17) is 9.72 Å². The van der Waals surface area contributed by atoms with E-state index in [0.717, 1.165) is 22.8 Å². The van der Waals surface area contributed by atoms with Crippen LogP contribution in [0.1, 0.15) is 35.5 Å². The fourth-order valence-electron chi connectivity index (χ4n) is 2.46. The number of aryl methyl sites for hydroxylation is 2. The highest BCUT2D eigenvalue weighted by molar-refractivity contribution is 7.15. The molecule has 2 atom stereocenters. The van der Waals surface area contributed by atoms with E-state index in [-0.39, 0.29) is 6.04 Å². The Labute approximate surface area is 142 Å². The number of rotatable bonds is 8. The van der Waals surface area contributed by atoms with E-state index in [9.17, 15) is 5.11 Å². The summed E-state index contributed by atoms with van der Waals surface area (Å²) in [7, 11) is 1.60. The molecule has 126 valence electrons. The molecule has 0 bridgehead atoms. The Bertz CT molecular complexity index is 610. The number of nitrogens with zero attached hydrogens (tertiary/aromatic N) is 1. The average Bonchev–Trinajstić information content (AvgIpc) is 2.90. The normalized spacial score (nSPS) is 14.0. The van der Waals surface area contributed by atoms with Gasteiger partial charge in [-0.25, -0.2) is 4.98 Å². The van der Waals surface area contributed by atoms with Crippen molar-refractivity contribution in [3.8, 4) is 10.6 Å². The summed E-state index contributed by atoms with van der Waals surface area (Å²) in [6.45, 7) is 7.42. The van der Waals surface area contributed by atoms with Crippen molar-refractivity contribution in [3.63, 3.8) is 0 Å². The molecule has 0 fully saturated rings. The van der Waals surface area contributed by atoms with Gasteiger partial charge in [-0.1, -0.05) is 29.8 Å². The third-order valence-electron chi connectivity index (χ3n) is 3.81. The minimum Gasteiger partial charge on any atom is -0.391 e. The van der Waals surface area contributed by atoms with Gasteiger partial charge in [0, 0.05) is 23.6 Å². The van der Waals surface area contributed by atoms with E-state index in [1.807, 2.05) is 0 Å². The lowest BCUT2D eigenvalue weighted by atomic mass is 10.2. The molecule has 0 saturated heterocycles. The summed E-state index contributed by atoms with van der Waals surface area (Å²) in [5.41, 5.74) is 3.49. The van der Waals surface area contributed by atoms with Gasteiger partial charge in [-0.3, -0.25) is 0 Å². The van der Waals surface area contributed by atoms with Crippen LogP contribution in [-0.2, 0) is 4.74 Å². The minimum absolute atomic E-state index is 0.224. The van der Waals surface area contributed by atoms with Crippen LogP contribution < -0.4 is 5.32 Å². The fraction of sp³-hybridized carbons (Fsp3) is 0.500. The molecule has 1 heterocycles. The average molecular weight is 334 g/mol. The van der Waals surface area contributed by atoms with Crippen LogP contribution in [0, 0.1) is 13.8 Å². The topological polar surface area (TPSA) is 54.4 Å². The van der Waals surface area contributed by atoms with E-state index in [1.54, 1.807) is 18.4 Å². The van der Waals surface area contributed by atoms with Crippen molar-refractivity contribution in [2.75, 3.05) is 20.3 Å². The molecule has 0 aliphatic rings. The van der Waals surface area contributed by atoms with Crippen LogP contribution in [0.3, 0.4) is 0 Å². The molecule has 0 saturated carbocycles. The maximum Gasteiger partial charge on any atom is 0.123 e. The molecule has 0 amide bonds. The maximum atomic E-state index is 9.69. The Morgan fingerprint density at radius 2 is 1.96 bits per heavy atom. The molecule has 2 N–H and O–H groups in total. The first kappa shape index (κ1) is 18.1. The third-order valence-corrected chi connectivity index (χ3v) is 5.20. The van der Waals surface area contributed by atoms with Crippen LogP contribution >= 0.6 is 11.3 Å². The monoisotopic (exact) mass is 334 g/mol. The molecule has 23 heavy (non-hydrogen) atoms. The number of methoxy groups -OCH3 is 1. The van der Waals surface area contributed by atoms with Gasteiger partial charge in [0.2, 0.25) is 0 Å². The van der Waals surface area contributed by atoms with Crippen LogP contribution in [0.5, 0.6) is 0 Å². The quantitative estimate of drug-likeness (QED) is 0.776. The lowest BCUT2D eigenvalue weighted by Crippen LogP contribution is -2.25. The van der Waals surface area contributed by atoms with Crippen molar-refractivity contribution in [1.82, 2.24) is 10.3 Å². The molecule has 1 aromatic carbocycles. The first-order chi connectivity index (χ1) is 11.0. The van der Waals surface area contributed by atoms with E-state index in [2.05, 4.69) is 50.4 Å². The van der Waals surface area contributed by atoms with Crippen molar-refractivity contribution in [2.24, 2.45) is 0 Å². The second kappa shape index (κ2) is 8.55. The highest BCUT2D eigenvalue weighted by atomic mass is 32.1. The zero-order chi connectivity index (χ0) is 16.8. The summed E-state index contributed by atoms with van der Waals surface area (Å²) in [6, 6.07) is 8.70. The number of hydrogen-bond donors (Lipinski definition) is 2. The van der Waals surface area contributed by atoms with Crippen molar-refractivity contribution in [3.05, 3.63) is 40.4 Å². The van der Waals surface area contributed by atoms with Crippen LogP contribution in [-0.4, -0.2) is 36.5 Å². The number of aromatic nitrogens is 1. The van der Waals surface area contributed by atoms with E-state index >= 15 is 0 Å². The fourth-order valence-corrected chi connectivity index (χ4v) is 3.56. The van der Waals surface area contributed by atoms with Crippen LogP contribution in [0.25, 0.3) is 10.6 Å². The lowest BCUT2D eigenvalue weighted by molar-refractivity contribution is 0.0591. The lowest BCUT2D eigenvalue weighted by Gasteiger charge is -2.14. The Morgan fingerprint density at radius 3 is 2.61 bits per heavy atom. The molecule has 0 radical (unpaired) electrons. The summed E-state index contributed by atoms with van der Waals surface area (Å²) in [6.07, 6.45) is 0.270. The summed E-state index contributed by atoms with van der Waals surface area (Å²) < 4.78 is 4.94. The standard InChI is InChI=1S/C18H26N2O2S/c1-12-5-7-15(8-6-12)18-20-14(3)17(23-18)13(2)19-10-9-16(21)11-22-4/h5-8,13,16,19,21H,9-11H2,1-4H3. The summed E-state index contributed by atoms with van der Waals surface area (Å²) in [5, 5.41) is 14.2. The van der Waals surface area contributed by atoms with Gasteiger partial charge in [0.1, 0.15) is 5.01 Å². The zero-order valence-corrected chi connectivity index (χ0v) is 15.1. The largest absolute Gasteiger partial charge is 0.391 e. The third kappa shape index (κ3) is 5.11. The van der Waals surface area contributed by atoms with E-state index in [0.29, 0.717) is 13.0 Å². The van der Waals surface area contributed by atoms with Gasteiger partial charge in [-0.2, -0.15) is 0 Å². The van der Waals surface area contributed by atoms with Crippen molar-refractivity contribution in [2.45, 2.75) is 39.3 Å². The van der Waals surface area contributed by atoms with Gasteiger partial charge in [0.05, 0.1) is 18.4 Å². The van der Waals surface area contributed by atoms with E-state index < -0.39 is 6.10 Å². The number of ether oxygens (including phenoxy) is 1. The maximum absolute atomic E-state index is 9.69. The highest BCUT2D eigenvalue weighted by Gasteiger charge is 2.15. The predicted molar refractivity (Wildman–Crippen MR) is 95.9 cm³/mol. The number of thiazole rings is 1. The van der Waals surface area contributed by atoms with Gasteiger partial charge in [0.25, 0.3) is 0 Å². The molecule has 1 aromatic heterocycles. The van der Waals surface area contributed by atoms with Gasteiger partial charge in [-0.15, -0.1) is 11.3 Å². The second-order valence-corrected chi connectivity index (χ2v) is 6.94. The predicted octanol–water partition coefficient (Wildman–Crippen LogP) is 3.47. The Morgan fingerprint density at radius 1 is 1.26 bits per heavy atom. The number of benzene rings is 1. The number of aliphatic hydroxyl groups is 1. The summed E-state index contributed by atoms with van der Waals surface area (Å²) in [5.74, 6) is 0.